The third-order valence-corrected chi connectivity index (χ3v) is 4.51. The van der Waals surface area contributed by atoms with E-state index in [-0.39, 0.29) is 17.3 Å². The van der Waals surface area contributed by atoms with Gasteiger partial charge in [0.2, 0.25) is 0 Å². The van der Waals surface area contributed by atoms with Gasteiger partial charge in [-0.25, -0.2) is 9.48 Å². The Bertz CT molecular complexity index is 1220. The number of benzene rings is 2. The number of aryl methyl sites for hydroxylation is 1. The number of hydrogen-bond acceptors (Lipinski definition) is 4. The van der Waals surface area contributed by atoms with Gasteiger partial charge in [0.25, 0.3) is 5.91 Å². The van der Waals surface area contributed by atoms with Crippen molar-refractivity contribution in [2.45, 2.75) is 6.92 Å². The molecule has 4 aromatic rings. The zero-order valence-electron chi connectivity index (χ0n) is 15.9. The van der Waals surface area contributed by atoms with E-state index < -0.39 is 0 Å². The monoisotopic (exact) mass is 389 g/mol. The number of carbonyl (C=O) groups excluding carboxylic acids is 1. The van der Waals surface area contributed by atoms with E-state index in [4.69, 9.17) is 4.74 Å². The van der Waals surface area contributed by atoms with Gasteiger partial charge < -0.3 is 15.0 Å². The van der Waals surface area contributed by atoms with Gasteiger partial charge in [-0.05, 0) is 49.4 Å². The number of amides is 1. The first-order chi connectivity index (χ1) is 14.1. The average molecular weight is 389 g/mol. The normalized spacial score (nSPS) is 10.7. The van der Waals surface area contributed by atoms with E-state index in [1.807, 2.05) is 37.3 Å². The fraction of sp³-hybridized carbons (Fsp3) is 0.0952. The number of nitrogens with zero attached hydrogens (tertiary/aromatic N) is 3. The smallest absolute Gasteiger partial charge is 0.330 e. The van der Waals surface area contributed by atoms with Crippen molar-refractivity contribution < 1.29 is 9.53 Å². The molecule has 29 heavy (non-hydrogen) atoms. The van der Waals surface area contributed by atoms with Crippen LogP contribution >= 0.6 is 0 Å². The van der Waals surface area contributed by atoms with Crippen LogP contribution in [0.3, 0.4) is 0 Å². The predicted molar refractivity (Wildman–Crippen MR) is 109 cm³/mol. The number of carbonyl (C=O) groups is 1. The Morgan fingerprint density at radius 2 is 1.86 bits per heavy atom. The van der Waals surface area contributed by atoms with Crippen LogP contribution in [0.4, 0.5) is 5.69 Å². The predicted octanol–water partition coefficient (Wildman–Crippen LogP) is 2.92. The van der Waals surface area contributed by atoms with Crippen molar-refractivity contribution >= 4 is 11.6 Å². The van der Waals surface area contributed by atoms with Gasteiger partial charge in [-0.2, -0.15) is 5.10 Å². The molecule has 8 nitrogen and oxygen atoms in total. The van der Waals surface area contributed by atoms with Crippen LogP contribution in [0.25, 0.3) is 11.4 Å². The number of rotatable bonds is 5. The third kappa shape index (κ3) is 3.55. The second kappa shape index (κ2) is 7.51. The van der Waals surface area contributed by atoms with Crippen molar-refractivity contribution in [2.75, 3.05) is 12.4 Å². The highest BCUT2D eigenvalue weighted by Crippen LogP contribution is 2.21. The minimum Gasteiger partial charge on any atom is -0.497 e. The molecule has 0 bridgehead atoms. The van der Waals surface area contributed by atoms with Gasteiger partial charge in [0, 0.05) is 18.1 Å². The summed E-state index contributed by atoms with van der Waals surface area (Å²) in [6.45, 7) is 1.81. The number of imidazole rings is 1. The number of aromatic amines is 1. The average Bonchev–Trinajstić information content (AvgIpc) is 3.36. The summed E-state index contributed by atoms with van der Waals surface area (Å²) < 4.78 is 8.27. The Kier molecular flexibility index (Phi) is 4.74. The zero-order chi connectivity index (χ0) is 20.4. The van der Waals surface area contributed by atoms with E-state index in [0.717, 1.165) is 17.1 Å². The third-order valence-electron chi connectivity index (χ3n) is 4.51. The molecular weight excluding hydrogens is 370 g/mol. The first kappa shape index (κ1) is 18.3. The highest BCUT2D eigenvalue weighted by atomic mass is 16.5. The van der Waals surface area contributed by atoms with E-state index >= 15 is 0 Å². The summed E-state index contributed by atoms with van der Waals surface area (Å²) in [5, 5.41) is 7.19. The lowest BCUT2D eigenvalue weighted by atomic mass is 10.2. The van der Waals surface area contributed by atoms with Crippen molar-refractivity contribution in [1.82, 2.24) is 19.3 Å². The number of aromatic nitrogens is 4. The van der Waals surface area contributed by atoms with Crippen molar-refractivity contribution in [1.29, 1.82) is 0 Å². The molecule has 2 aromatic carbocycles. The van der Waals surface area contributed by atoms with Crippen molar-refractivity contribution in [3.8, 4) is 17.1 Å². The molecule has 2 heterocycles. The molecule has 8 heteroatoms. The van der Waals surface area contributed by atoms with E-state index in [0.29, 0.717) is 11.4 Å². The van der Waals surface area contributed by atoms with Crippen LogP contribution in [0.15, 0.2) is 71.8 Å². The molecule has 0 radical (unpaired) electrons. The second-order valence-corrected chi connectivity index (χ2v) is 6.39. The second-order valence-electron chi connectivity index (χ2n) is 6.39. The molecule has 0 aliphatic rings. The maximum atomic E-state index is 12.7. The summed E-state index contributed by atoms with van der Waals surface area (Å²) in [4.78, 5) is 27.5. The number of nitrogens with one attached hydrogen (secondary N) is 2. The fourth-order valence-corrected chi connectivity index (χ4v) is 3.04. The minimum absolute atomic E-state index is 0.258. The molecule has 0 saturated heterocycles. The zero-order valence-corrected chi connectivity index (χ0v) is 15.9. The number of hydrogen-bond donors (Lipinski definition) is 2. The van der Waals surface area contributed by atoms with Crippen molar-refractivity contribution in [3.05, 3.63) is 88.9 Å². The van der Waals surface area contributed by atoms with Crippen LogP contribution in [-0.2, 0) is 0 Å². The highest BCUT2D eigenvalue weighted by molar-refractivity contribution is 6.03. The van der Waals surface area contributed by atoms with Crippen LogP contribution < -0.4 is 15.7 Å². The van der Waals surface area contributed by atoms with Gasteiger partial charge in [-0.3, -0.25) is 9.36 Å². The van der Waals surface area contributed by atoms with E-state index in [1.54, 1.807) is 48.5 Å². The van der Waals surface area contributed by atoms with Gasteiger partial charge in [0.15, 0.2) is 5.69 Å². The first-order valence-electron chi connectivity index (χ1n) is 8.94. The molecule has 2 aromatic heterocycles. The molecule has 0 saturated carbocycles. The molecule has 0 aliphatic carbocycles. The van der Waals surface area contributed by atoms with Crippen LogP contribution in [0.5, 0.6) is 5.75 Å². The van der Waals surface area contributed by atoms with Crippen LogP contribution in [0.1, 0.15) is 16.2 Å². The van der Waals surface area contributed by atoms with Gasteiger partial charge in [-0.15, -0.1) is 0 Å². The molecule has 2 N–H and O–H groups in total. The van der Waals surface area contributed by atoms with Crippen LogP contribution in [0, 0.1) is 6.92 Å². The highest BCUT2D eigenvalue weighted by Gasteiger charge is 2.15. The number of methoxy groups -OCH3 is 1. The Labute approximate surface area is 166 Å². The number of H-pyrrole nitrogens is 1. The van der Waals surface area contributed by atoms with E-state index in [2.05, 4.69) is 15.4 Å². The number of ether oxygens (including phenoxy) is 1. The molecule has 0 fully saturated rings. The molecule has 0 aliphatic heterocycles. The lowest BCUT2D eigenvalue weighted by Crippen LogP contribution is -2.20. The van der Waals surface area contributed by atoms with Gasteiger partial charge >= 0.3 is 5.69 Å². The maximum Gasteiger partial charge on any atom is 0.330 e. The number of para-hydroxylation sites is 2. The lowest BCUT2D eigenvalue weighted by Gasteiger charge is -2.11. The fourth-order valence-electron chi connectivity index (χ4n) is 3.04. The minimum atomic E-state index is -0.369. The molecule has 0 unspecified atom stereocenters. The molecular formula is C21H19N5O3. The molecule has 4 rings (SSSR count). The summed E-state index contributed by atoms with van der Waals surface area (Å²) in [6, 6.07) is 16.1. The summed E-state index contributed by atoms with van der Waals surface area (Å²) in [5.41, 5.74) is 2.63. The molecule has 146 valence electrons. The van der Waals surface area contributed by atoms with Crippen molar-refractivity contribution in [3.63, 3.8) is 0 Å². The maximum absolute atomic E-state index is 12.7. The summed E-state index contributed by atoms with van der Waals surface area (Å²) >= 11 is 0. The summed E-state index contributed by atoms with van der Waals surface area (Å²) in [5.74, 6) is 0.372. The van der Waals surface area contributed by atoms with Crippen LogP contribution in [0.2, 0.25) is 0 Å². The Morgan fingerprint density at radius 3 is 2.55 bits per heavy atom. The lowest BCUT2D eigenvalue weighted by molar-refractivity contribution is 0.102. The Hall–Kier alpha value is -4.07. The van der Waals surface area contributed by atoms with Gasteiger partial charge in [0.1, 0.15) is 5.75 Å². The van der Waals surface area contributed by atoms with Crippen molar-refractivity contribution in [2.24, 2.45) is 0 Å². The van der Waals surface area contributed by atoms with E-state index in [1.165, 1.54) is 4.57 Å². The molecule has 0 atom stereocenters. The summed E-state index contributed by atoms with van der Waals surface area (Å²) in [7, 11) is 1.60. The molecule has 1 amide bonds. The Balaban J connectivity index is 1.60. The van der Waals surface area contributed by atoms with E-state index in [9.17, 15) is 9.59 Å². The van der Waals surface area contributed by atoms with Gasteiger partial charge in [0.05, 0.1) is 24.2 Å². The first-order valence-corrected chi connectivity index (χ1v) is 8.94. The SMILES string of the molecule is COc1ccc(-n2ccc(C(=O)Nc3ccccc3-n3c(C)c[nH]c3=O)n2)cc1. The standard InChI is InChI=1S/C21H19N5O3/c1-14-13-22-21(28)26(14)19-6-4-3-5-17(19)23-20(27)18-11-12-25(24-18)15-7-9-16(29-2)10-8-15/h3-13H,1-2H3,(H,22,28)(H,23,27). The summed E-state index contributed by atoms with van der Waals surface area (Å²) in [6.07, 6.45) is 3.33. The van der Waals surface area contributed by atoms with Crippen LogP contribution in [-0.4, -0.2) is 32.3 Å². The Morgan fingerprint density at radius 1 is 1.10 bits per heavy atom. The topological polar surface area (TPSA) is 93.9 Å². The quantitative estimate of drug-likeness (QED) is 0.549. The molecule has 0 spiro atoms. The number of anilines is 1. The largest absolute Gasteiger partial charge is 0.497 e. The van der Waals surface area contributed by atoms with Gasteiger partial charge in [-0.1, -0.05) is 12.1 Å².